The van der Waals surface area contributed by atoms with Gasteiger partial charge in [0, 0.05) is 49.9 Å². The number of piperazine rings is 1. The van der Waals surface area contributed by atoms with Gasteiger partial charge in [0.2, 0.25) is 0 Å². The number of hydrogen-bond acceptors (Lipinski definition) is 3. The topological polar surface area (TPSA) is 28.5 Å². The molecule has 0 saturated carbocycles. The minimum Gasteiger partial charge on any atom is -0.366 e. The molecule has 0 atom stereocenters. The molecule has 3 rings (SSSR count). The molecule has 1 aromatic carbocycles. The first kappa shape index (κ1) is 19.4. The molecule has 0 aliphatic carbocycles. The van der Waals surface area contributed by atoms with Gasteiger partial charge in [-0.05, 0) is 39.4 Å². The highest BCUT2D eigenvalue weighted by Gasteiger charge is 2.22. The van der Waals surface area contributed by atoms with Crippen molar-refractivity contribution in [2.24, 2.45) is 0 Å². The molecule has 1 aliphatic heterocycles. The van der Waals surface area contributed by atoms with Crippen molar-refractivity contribution in [1.29, 1.82) is 0 Å². The molecular formula is C20H30FN3O. The predicted molar refractivity (Wildman–Crippen MR) is 104 cm³/mol. The molecular weight excluding hydrogens is 317 g/mol. The monoisotopic (exact) mass is 347 g/mol. The predicted octanol–water partition coefficient (Wildman–Crippen LogP) is 3.56. The highest BCUT2D eigenvalue weighted by Crippen LogP contribution is 2.31. The van der Waals surface area contributed by atoms with Crippen LogP contribution >= 0.6 is 0 Å². The van der Waals surface area contributed by atoms with Crippen LogP contribution in [0, 0.1) is 19.7 Å². The molecule has 25 heavy (non-hydrogen) atoms. The maximum absolute atomic E-state index is 14.8. The first-order valence-corrected chi connectivity index (χ1v) is 9.20. The number of aromatic nitrogens is 1. The SMILES string of the molecule is CC.CCn1cc(C)c(=O)c2cc(F)c(N3CCN(C)CC3)c(C)c21. The minimum atomic E-state index is -0.287. The molecule has 0 bridgehead atoms. The Bertz CT molecular complexity index is 805. The van der Waals surface area contributed by atoms with Crippen LogP contribution in [0.5, 0.6) is 0 Å². The fourth-order valence-electron chi connectivity index (χ4n) is 3.54. The lowest BCUT2D eigenvalue weighted by Crippen LogP contribution is -2.45. The Labute approximate surface area is 149 Å². The standard InChI is InChI=1S/C18H24FN3O.C2H6/c1-5-21-11-12(2)18(23)14-10-15(19)17(13(3)16(14)21)22-8-6-20(4)7-9-22;1-2/h10-11H,5-9H2,1-4H3;1-2H3. The van der Waals surface area contributed by atoms with E-state index in [1.807, 2.05) is 33.9 Å². The van der Waals surface area contributed by atoms with Crippen LogP contribution < -0.4 is 10.3 Å². The Morgan fingerprint density at radius 1 is 1.12 bits per heavy atom. The van der Waals surface area contributed by atoms with Gasteiger partial charge in [-0.25, -0.2) is 4.39 Å². The molecule has 0 amide bonds. The third-order valence-corrected chi connectivity index (χ3v) is 4.86. The van der Waals surface area contributed by atoms with Crippen molar-refractivity contribution in [1.82, 2.24) is 9.47 Å². The van der Waals surface area contributed by atoms with E-state index >= 15 is 0 Å². The molecule has 1 fully saturated rings. The molecule has 4 nitrogen and oxygen atoms in total. The fourth-order valence-corrected chi connectivity index (χ4v) is 3.54. The lowest BCUT2D eigenvalue weighted by Gasteiger charge is -2.35. The van der Waals surface area contributed by atoms with Crippen molar-refractivity contribution in [2.45, 2.75) is 41.2 Å². The molecule has 0 spiro atoms. The van der Waals surface area contributed by atoms with Gasteiger partial charge in [0.1, 0.15) is 5.82 Å². The van der Waals surface area contributed by atoms with E-state index in [4.69, 9.17) is 0 Å². The minimum absolute atomic E-state index is 0.0726. The van der Waals surface area contributed by atoms with Gasteiger partial charge >= 0.3 is 0 Å². The number of fused-ring (bicyclic) bond motifs is 1. The van der Waals surface area contributed by atoms with Crippen LogP contribution in [-0.4, -0.2) is 42.7 Å². The van der Waals surface area contributed by atoms with Crippen LogP contribution in [0.3, 0.4) is 0 Å². The Morgan fingerprint density at radius 2 is 1.72 bits per heavy atom. The lowest BCUT2D eigenvalue weighted by atomic mass is 10.0. The smallest absolute Gasteiger partial charge is 0.192 e. The summed E-state index contributed by atoms with van der Waals surface area (Å²) < 4.78 is 16.9. The fraction of sp³-hybridized carbons (Fsp3) is 0.550. The molecule has 2 aromatic rings. The zero-order valence-corrected chi connectivity index (χ0v) is 16.3. The van der Waals surface area contributed by atoms with Gasteiger partial charge in [-0.2, -0.15) is 0 Å². The number of pyridine rings is 1. The van der Waals surface area contributed by atoms with E-state index in [2.05, 4.69) is 21.4 Å². The first-order chi connectivity index (χ1) is 11.9. The number of hydrogen-bond donors (Lipinski definition) is 0. The highest BCUT2D eigenvalue weighted by molar-refractivity contribution is 5.88. The average molecular weight is 347 g/mol. The molecule has 5 heteroatoms. The largest absolute Gasteiger partial charge is 0.366 e. The van der Waals surface area contributed by atoms with Crippen LogP contribution in [0.1, 0.15) is 31.9 Å². The van der Waals surface area contributed by atoms with Crippen molar-refractivity contribution < 1.29 is 4.39 Å². The number of anilines is 1. The van der Waals surface area contributed by atoms with Crippen molar-refractivity contribution >= 4 is 16.6 Å². The van der Waals surface area contributed by atoms with E-state index in [1.165, 1.54) is 6.07 Å². The summed E-state index contributed by atoms with van der Waals surface area (Å²) in [5.74, 6) is -0.287. The van der Waals surface area contributed by atoms with E-state index in [0.29, 0.717) is 16.6 Å². The van der Waals surface area contributed by atoms with Gasteiger partial charge < -0.3 is 14.4 Å². The summed E-state index contributed by atoms with van der Waals surface area (Å²) in [5, 5.41) is 0.486. The van der Waals surface area contributed by atoms with Crippen LogP contribution in [0.4, 0.5) is 10.1 Å². The highest BCUT2D eigenvalue weighted by atomic mass is 19.1. The normalized spacial score (nSPS) is 15.2. The van der Waals surface area contributed by atoms with Crippen LogP contribution in [0.15, 0.2) is 17.1 Å². The summed E-state index contributed by atoms with van der Waals surface area (Å²) >= 11 is 0. The third kappa shape index (κ3) is 3.56. The zero-order valence-electron chi connectivity index (χ0n) is 16.3. The summed E-state index contributed by atoms with van der Waals surface area (Å²) in [5.41, 5.74) is 2.96. The molecule has 138 valence electrons. The van der Waals surface area contributed by atoms with Gasteiger partial charge in [-0.15, -0.1) is 0 Å². The lowest BCUT2D eigenvalue weighted by molar-refractivity contribution is 0.311. The van der Waals surface area contributed by atoms with E-state index in [9.17, 15) is 9.18 Å². The van der Waals surface area contributed by atoms with E-state index in [-0.39, 0.29) is 11.2 Å². The summed E-state index contributed by atoms with van der Waals surface area (Å²) in [6.07, 6.45) is 1.88. The second-order valence-electron chi connectivity index (χ2n) is 6.45. The summed E-state index contributed by atoms with van der Waals surface area (Å²) in [6.45, 7) is 14.0. The second-order valence-corrected chi connectivity index (χ2v) is 6.45. The van der Waals surface area contributed by atoms with Crippen LogP contribution in [0.2, 0.25) is 0 Å². The summed E-state index contributed by atoms with van der Waals surface area (Å²) in [7, 11) is 2.08. The van der Waals surface area contributed by atoms with Crippen LogP contribution in [0.25, 0.3) is 10.9 Å². The average Bonchev–Trinajstić information content (AvgIpc) is 2.61. The van der Waals surface area contributed by atoms with E-state index in [0.717, 1.165) is 43.8 Å². The Kier molecular flexibility index (Phi) is 6.22. The summed E-state index contributed by atoms with van der Waals surface area (Å²) in [4.78, 5) is 16.8. The number of likely N-dealkylation sites (N-methyl/N-ethyl adjacent to an activating group) is 1. The van der Waals surface area contributed by atoms with Crippen molar-refractivity contribution in [3.8, 4) is 0 Å². The number of nitrogens with zero attached hydrogens (tertiary/aromatic N) is 3. The van der Waals surface area contributed by atoms with Gasteiger partial charge in [-0.1, -0.05) is 13.8 Å². The van der Waals surface area contributed by atoms with Crippen molar-refractivity contribution in [3.63, 3.8) is 0 Å². The molecule has 1 aliphatic rings. The Hall–Kier alpha value is -1.88. The van der Waals surface area contributed by atoms with E-state index < -0.39 is 0 Å². The molecule has 1 saturated heterocycles. The third-order valence-electron chi connectivity index (χ3n) is 4.86. The number of aryl methyl sites for hydroxylation is 3. The maximum atomic E-state index is 14.8. The molecule has 2 heterocycles. The van der Waals surface area contributed by atoms with Crippen molar-refractivity contribution in [3.05, 3.63) is 39.4 Å². The number of halogens is 1. The van der Waals surface area contributed by atoms with Gasteiger partial charge in [0.05, 0.1) is 11.2 Å². The molecule has 0 unspecified atom stereocenters. The quantitative estimate of drug-likeness (QED) is 0.832. The number of rotatable bonds is 2. The molecule has 0 N–H and O–H groups in total. The second kappa shape index (κ2) is 8.00. The van der Waals surface area contributed by atoms with Gasteiger partial charge in [0.25, 0.3) is 0 Å². The molecule has 1 aromatic heterocycles. The van der Waals surface area contributed by atoms with E-state index in [1.54, 1.807) is 6.92 Å². The Balaban J connectivity index is 0.00000109. The molecule has 0 radical (unpaired) electrons. The Morgan fingerprint density at radius 3 is 2.28 bits per heavy atom. The number of benzene rings is 1. The summed E-state index contributed by atoms with van der Waals surface area (Å²) in [6, 6.07) is 1.43. The van der Waals surface area contributed by atoms with Gasteiger partial charge in [-0.3, -0.25) is 4.79 Å². The van der Waals surface area contributed by atoms with Crippen LogP contribution in [-0.2, 0) is 6.54 Å². The first-order valence-electron chi connectivity index (χ1n) is 9.20. The van der Waals surface area contributed by atoms with Gasteiger partial charge in [0.15, 0.2) is 5.43 Å². The zero-order chi connectivity index (χ0) is 18.7. The maximum Gasteiger partial charge on any atom is 0.192 e. The van der Waals surface area contributed by atoms with Crippen molar-refractivity contribution in [2.75, 3.05) is 38.1 Å².